The maximum absolute atomic E-state index is 12.2. The molecule has 0 saturated carbocycles. The van der Waals surface area contributed by atoms with Gasteiger partial charge in [-0.05, 0) is 31.2 Å². The van der Waals surface area contributed by atoms with Crippen LogP contribution in [-0.4, -0.2) is 71.4 Å². The van der Waals surface area contributed by atoms with Crippen LogP contribution in [0.25, 0.3) is 0 Å². The standard InChI is InChI=1S/C18H23N3O5S.HI/c1-27-17(19)12-2-4-13(5-3-12)18(25)20-10-15(22)21-8-6-14(7-9-21)26-11-16(23)24;/h2-5,14,19H,6-11H2,1H3,(H,20,25)(H,23,24);1H. The third-order valence-corrected chi connectivity index (χ3v) is 4.89. The molecule has 1 fully saturated rings. The lowest BCUT2D eigenvalue weighted by molar-refractivity contribution is -0.146. The number of ether oxygens (including phenoxy) is 1. The molecule has 0 spiro atoms. The van der Waals surface area contributed by atoms with Crippen molar-refractivity contribution in [2.75, 3.05) is 32.5 Å². The van der Waals surface area contributed by atoms with Crippen molar-refractivity contribution in [2.24, 2.45) is 0 Å². The van der Waals surface area contributed by atoms with Crippen LogP contribution in [0, 0.1) is 5.41 Å². The Morgan fingerprint density at radius 2 is 1.79 bits per heavy atom. The molecule has 0 unspecified atom stereocenters. The summed E-state index contributed by atoms with van der Waals surface area (Å²) in [5.41, 5.74) is 1.17. The molecule has 0 atom stereocenters. The third kappa shape index (κ3) is 7.40. The van der Waals surface area contributed by atoms with Gasteiger partial charge in [-0.25, -0.2) is 4.79 Å². The number of rotatable bonds is 7. The summed E-state index contributed by atoms with van der Waals surface area (Å²) < 4.78 is 5.24. The Bertz CT molecular complexity index is 706. The van der Waals surface area contributed by atoms with Crippen LogP contribution >= 0.6 is 35.7 Å². The van der Waals surface area contributed by atoms with Crippen molar-refractivity contribution in [2.45, 2.75) is 18.9 Å². The minimum atomic E-state index is -1.01. The van der Waals surface area contributed by atoms with Crippen LogP contribution in [-0.2, 0) is 14.3 Å². The van der Waals surface area contributed by atoms with Crippen LogP contribution in [0.2, 0.25) is 0 Å². The topological polar surface area (TPSA) is 120 Å². The summed E-state index contributed by atoms with van der Waals surface area (Å²) in [6.45, 7) is 0.528. The number of aliphatic carboxylic acids is 1. The fourth-order valence-corrected chi connectivity index (χ4v) is 3.09. The lowest BCUT2D eigenvalue weighted by atomic mass is 10.1. The van der Waals surface area contributed by atoms with Crippen molar-refractivity contribution in [3.63, 3.8) is 0 Å². The first-order valence-electron chi connectivity index (χ1n) is 8.53. The van der Waals surface area contributed by atoms with Gasteiger partial charge in [-0.1, -0.05) is 12.1 Å². The lowest BCUT2D eigenvalue weighted by Crippen LogP contribution is -2.45. The van der Waals surface area contributed by atoms with Gasteiger partial charge >= 0.3 is 5.97 Å². The summed E-state index contributed by atoms with van der Waals surface area (Å²) in [7, 11) is 0. The number of amides is 2. The molecule has 0 radical (unpaired) electrons. The Hall–Kier alpha value is -1.66. The molecule has 1 aliphatic rings. The highest BCUT2D eigenvalue weighted by Crippen LogP contribution is 2.14. The number of thioether (sulfide) groups is 1. The molecule has 1 aromatic carbocycles. The van der Waals surface area contributed by atoms with Crippen molar-refractivity contribution < 1.29 is 24.2 Å². The molecular formula is C18H24IN3O5S. The molecule has 2 rings (SSSR count). The third-order valence-electron chi connectivity index (χ3n) is 4.25. The summed E-state index contributed by atoms with van der Waals surface area (Å²) >= 11 is 1.32. The first kappa shape index (κ1) is 24.4. The molecule has 0 bridgehead atoms. The Kier molecular flexibility index (Phi) is 10.5. The van der Waals surface area contributed by atoms with E-state index in [9.17, 15) is 14.4 Å². The SMILES string of the molecule is CSC(=N)c1ccc(C(=O)NCC(=O)N2CCC(OCC(=O)O)CC2)cc1.I. The van der Waals surface area contributed by atoms with Crippen LogP contribution < -0.4 is 5.32 Å². The zero-order valence-electron chi connectivity index (χ0n) is 15.5. The highest BCUT2D eigenvalue weighted by molar-refractivity contribution is 14.0. The second kappa shape index (κ2) is 12.0. The number of benzene rings is 1. The molecule has 0 aromatic heterocycles. The van der Waals surface area contributed by atoms with Gasteiger partial charge < -0.3 is 20.1 Å². The average molecular weight is 521 g/mol. The second-order valence-corrected chi connectivity index (χ2v) is 6.89. The molecule has 28 heavy (non-hydrogen) atoms. The lowest BCUT2D eigenvalue weighted by Gasteiger charge is -2.31. The zero-order valence-corrected chi connectivity index (χ0v) is 18.6. The first-order chi connectivity index (χ1) is 12.9. The van der Waals surface area contributed by atoms with Crippen molar-refractivity contribution in [3.8, 4) is 0 Å². The van der Waals surface area contributed by atoms with Gasteiger partial charge in [0, 0.05) is 24.2 Å². The van der Waals surface area contributed by atoms with Crippen LogP contribution in [0.4, 0.5) is 0 Å². The Morgan fingerprint density at radius 3 is 2.32 bits per heavy atom. The minimum Gasteiger partial charge on any atom is -0.480 e. The molecular weight excluding hydrogens is 497 g/mol. The van der Waals surface area contributed by atoms with E-state index < -0.39 is 5.97 Å². The highest BCUT2D eigenvalue weighted by Gasteiger charge is 2.24. The molecule has 3 N–H and O–H groups in total. The smallest absolute Gasteiger partial charge is 0.329 e. The molecule has 154 valence electrons. The van der Waals surface area contributed by atoms with Gasteiger partial charge in [0.2, 0.25) is 5.91 Å². The predicted octanol–water partition coefficient (Wildman–Crippen LogP) is 1.81. The van der Waals surface area contributed by atoms with Crippen molar-refractivity contribution in [1.29, 1.82) is 5.41 Å². The number of halogens is 1. The van der Waals surface area contributed by atoms with Gasteiger partial charge in [-0.2, -0.15) is 0 Å². The van der Waals surface area contributed by atoms with Crippen LogP contribution in [0.15, 0.2) is 24.3 Å². The Balaban J connectivity index is 0.00000392. The quantitative estimate of drug-likeness (QED) is 0.286. The van der Waals surface area contributed by atoms with E-state index in [1.165, 1.54) is 11.8 Å². The number of nitrogens with one attached hydrogen (secondary N) is 2. The molecule has 1 heterocycles. The first-order valence-corrected chi connectivity index (χ1v) is 9.75. The number of likely N-dealkylation sites (tertiary alicyclic amines) is 1. The number of nitrogens with zero attached hydrogens (tertiary/aromatic N) is 1. The molecule has 1 saturated heterocycles. The molecule has 8 nitrogen and oxygen atoms in total. The molecule has 1 aliphatic heterocycles. The summed E-state index contributed by atoms with van der Waals surface area (Å²) in [4.78, 5) is 36.6. The fourth-order valence-electron chi connectivity index (χ4n) is 2.72. The Morgan fingerprint density at radius 1 is 1.21 bits per heavy atom. The van der Waals surface area contributed by atoms with Crippen molar-refractivity contribution in [3.05, 3.63) is 35.4 Å². The molecule has 0 aliphatic carbocycles. The van der Waals surface area contributed by atoms with E-state index in [0.717, 1.165) is 5.56 Å². The normalized spacial score (nSPS) is 14.1. The number of hydrogen-bond acceptors (Lipinski definition) is 6. The number of hydrogen-bond donors (Lipinski definition) is 3. The van der Waals surface area contributed by atoms with E-state index in [1.807, 2.05) is 6.26 Å². The average Bonchev–Trinajstić information content (AvgIpc) is 2.70. The van der Waals surface area contributed by atoms with Gasteiger partial charge in [0.05, 0.1) is 17.7 Å². The largest absolute Gasteiger partial charge is 0.480 e. The van der Waals surface area contributed by atoms with Gasteiger partial charge in [0.1, 0.15) is 6.61 Å². The van der Waals surface area contributed by atoms with E-state index in [2.05, 4.69) is 5.32 Å². The summed E-state index contributed by atoms with van der Waals surface area (Å²) in [5, 5.41) is 19.4. The van der Waals surface area contributed by atoms with Crippen molar-refractivity contribution >= 4 is 58.6 Å². The van der Waals surface area contributed by atoms with Crippen molar-refractivity contribution in [1.82, 2.24) is 10.2 Å². The van der Waals surface area contributed by atoms with Gasteiger partial charge in [-0.15, -0.1) is 35.7 Å². The van der Waals surface area contributed by atoms with Gasteiger partial charge in [0.15, 0.2) is 0 Å². The van der Waals surface area contributed by atoms with E-state index in [4.69, 9.17) is 15.3 Å². The second-order valence-electron chi connectivity index (χ2n) is 6.08. The number of carbonyl (C=O) groups is 3. The summed E-state index contributed by atoms with van der Waals surface area (Å²) in [5.74, 6) is -1.53. The Labute approximate surface area is 184 Å². The maximum Gasteiger partial charge on any atom is 0.329 e. The summed E-state index contributed by atoms with van der Waals surface area (Å²) in [6.07, 6.45) is 2.82. The molecule has 2 amide bonds. The maximum atomic E-state index is 12.2. The summed E-state index contributed by atoms with van der Waals surface area (Å²) in [6, 6.07) is 6.67. The fraction of sp³-hybridized carbons (Fsp3) is 0.444. The number of carboxylic acids is 1. The molecule has 1 aromatic rings. The number of carbonyl (C=O) groups excluding carboxylic acids is 2. The minimum absolute atomic E-state index is 0. The van der Waals surface area contributed by atoms with Crippen LogP contribution in [0.3, 0.4) is 0 Å². The predicted molar refractivity (Wildman–Crippen MR) is 118 cm³/mol. The highest BCUT2D eigenvalue weighted by atomic mass is 127. The molecule has 10 heteroatoms. The van der Waals surface area contributed by atoms with E-state index >= 15 is 0 Å². The van der Waals surface area contributed by atoms with Crippen LogP contribution in [0.1, 0.15) is 28.8 Å². The van der Waals surface area contributed by atoms with Gasteiger partial charge in [0.25, 0.3) is 5.91 Å². The van der Waals surface area contributed by atoms with Gasteiger partial charge in [-0.3, -0.25) is 15.0 Å². The van der Waals surface area contributed by atoms with Crippen LogP contribution in [0.5, 0.6) is 0 Å². The van der Waals surface area contributed by atoms with E-state index in [-0.39, 0.29) is 55.0 Å². The monoisotopic (exact) mass is 521 g/mol. The zero-order chi connectivity index (χ0) is 19.8. The number of carboxylic acid groups (broad SMARTS) is 1. The van der Waals surface area contributed by atoms with E-state index in [0.29, 0.717) is 36.5 Å². The van der Waals surface area contributed by atoms with E-state index in [1.54, 1.807) is 29.2 Å². The number of piperidine rings is 1.